The molecule has 0 amide bonds. The first-order valence-corrected chi connectivity index (χ1v) is 4.03. The number of aromatic hydroxyl groups is 1. The van der Waals surface area contributed by atoms with Crippen molar-refractivity contribution in [2.75, 3.05) is 0 Å². The normalized spacial score (nSPS) is 10.1. The molecule has 2 heteroatoms. The standard InChI is InChI=1S/C11H9NO/c1-2-7-12-8-9-5-3-4-6-10(9)11(12)13/h1,3-6,8,13H,7H2. The van der Waals surface area contributed by atoms with Crippen LogP contribution >= 0.6 is 0 Å². The molecular weight excluding hydrogens is 162 g/mol. The number of hydrogen-bond donors (Lipinski definition) is 1. The summed E-state index contributed by atoms with van der Waals surface area (Å²) in [4.78, 5) is 0. The zero-order valence-corrected chi connectivity index (χ0v) is 7.07. The van der Waals surface area contributed by atoms with Crippen molar-refractivity contribution in [3.63, 3.8) is 0 Å². The Kier molecular flexibility index (Phi) is 1.71. The van der Waals surface area contributed by atoms with E-state index in [1.54, 1.807) is 4.57 Å². The molecule has 0 aliphatic heterocycles. The molecule has 2 rings (SSSR count). The predicted molar refractivity (Wildman–Crippen MR) is 52.4 cm³/mol. The Hall–Kier alpha value is -1.88. The summed E-state index contributed by atoms with van der Waals surface area (Å²) in [6.07, 6.45) is 7.02. The van der Waals surface area contributed by atoms with E-state index in [9.17, 15) is 5.11 Å². The van der Waals surface area contributed by atoms with Gasteiger partial charge in [-0.1, -0.05) is 24.1 Å². The maximum Gasteiger partial charge on any atom is 0.199 e. The molecule has 2 nitrogen and oxygen atoms in total. The van der Waals surface area contributed by atoms with Gasteiger partial charge in [-0.2, -0.15) is 0 Å². The molecular formula is C11H9NO. The predicted octanol–water partition coefficient (Wildman–Crippen LogP) is 1.98. The monoisotopic (exact) mass is 171 g/mol. The highest BCUT2D eigenvalue weighted by Crippen LogP contribution is 2.26. The molecule has 0 aliphatic rings. The first-order valence-electron chi connectivity index (χ1n) is 4.03. The van der Waals surface area contributed by atoms with E-state index >= 15 is 0 Å². The molecule has 1 heterocycles. The first-order chi connectivity index (χ1) is 6.33. The molecule has 0 saturated carbocycles. The van der Waals surface area contributed by atoms with Gasteiger partial charge >= 0.3 is 0 Å². The highest BCUT2D eigenvalue weighted by molar-refractivity contribution is 5.87. The van der Waals surface area contributed by atoms with Crippen LogP contribution < -0.4 is 0 Å². The number of hydrogen-bond acceptors (Lipinski definition) is 1. The second kappa shape index (κ2) is 2.87. The number of rotatable bonds is 1. The Balaban J connectivity index is 2.68. The van der Waals surface area contributed by atoms with Gasteiger partial charge in [0.1, 0.15) is 0 Å². The zero-order chi connectivity index (χ0) is 9.26. The lowest BCUT2D eigenvalue weighted by atomic mass is 10.2. The van der Waals surface area contributed by atoms with Crippen LogP contribution in [0.25, 0.3) is 10.8 Å². The van der Waals surface area contributed by atoms with E-state index < -0.39 is 0 Å². The van der Waals surface area contributed by atoms with Crippen LogP contribution in [-0.2, 0) is 6.54 Å². The van der Waals surface area contributed by atoms with E-state index in [1.807, 2.05) is 30.5 Å². The van der Waals surface area contributed by atoms with Gasteiger partial charge in [-0.3, -0.25) is 0 Å². The summed E-state index contributed by atoms with van der Waals surface area (Å²) in [6, 6.07) is 7.64. The molecule has 2 aromatic rings. The number of aromatic nitrogens is 1. The molecule has 0 bridgehead atoms. The Labute approximate surface area is 76.4 Å². The van der Waals surface area contributed by atoms with Gasteiger partial charge in [0, 0.05) is 17.0 Å². The lowest BCUT2D eigenvalue weighted by molar-refractivity contribution is 0.433. The first kappa shape index (κ1) is 7.75. The molecule has 1 aromatic carbocycles. The molecule has 1 N–H and O–H groups in total. The van der Waals surface area contributed by atoms with E-state index in [0.29, 0.717) is 6.54 Å². The summed E-state index contributed by atoms with van der Waals surface area (Å²) in [7, 11) is 0. The molecule has 0 unspecified atom stereocenters. The minimum Gasteiger partial charge on any atom is -0.494 e. The summed E-state index contributed by atoms with van der Waals surface area (Å²) >= 11 is 0. The van der Waals surface area contributed by atoms with E-state index in [0.717, 1.165) is 10.8 Å². The second-order valence-electron chi connectivity index (χ2n) is 2.87. The molecule has 13 heavy (non-hydrogen) atoms. The van der Waals surface area contributed by atoms with Crippen molar-refractivity contribution in [1.29, 1.82) is 0 Å². The Morgan fingerprint density at radius 3 is 2.85 bits per heavy atom. The van der Waals surface area contributed by atoms with Crippen molar-refractivity contribution >= 4 is 10.8 Å². The fraction of sp³-hybridized carbons (Fsp3) is 0.0909. The van der Waals surface area contributed by atoms with E-state index in [1.165, 1.54) is 0 Å². The van der Waals surface area contributed by atoms with Crippen molar-refractivity contribution in [2.45, 2.75) is 6.54 Å². The average Bonchev–Trinajstić information content (AvgIpc) is 2.46. The molecule has 0 fully saturated rings. The third-order valence-electron chi connectivity index (χ3n) is 2.03. The lowest BCUT2D eigenvalue weighted by Gasteiger charge is -1.96. The van der Waals surface area contributed by atoms with Gasteiger partial charge in [0.15, 0.2) is 5.88 Å². The number of fused-ring (bicyclic) bond motifs is 1. The third-order valence-corrected chi connectivity index (χ3v) is 2.03. The Bertz CT molecular complexity index is 476. The maximum atomic E-state index is 9.69. The van der Waals surface area contributed by atoms with E-state index in [-0.39, 0.29) is 5.88 Å². The minimum atomic E-state index is 0.244. The molecule has 0 saturated heterocycles. The van der Waals surface area contributed by atoms with E-state index in [2.05, 4.69) is 5.92 Å². The van der Waals surface area contributed by atoms with Crippen LogP contribution in [0.2, 0.25) is 0 Å². The highest BCUT2D eigenvalue weighted by atomic mass is 16.3. The zero-order valence-electron chi connectivity index (χ0n) is 7.07. The molecule has 0 radical (unpaired) electrons. The minimum absolute atomic E-state index is 0.244. The van der Waals surface area contributed by atoms with Gasteiger partial charge in [0.05, 0.1) is 6.54 Å². The maximum absolute atomic E-state index is 9.69. The topological polar surface area (TPSA) is 25.2 Å². The summed E-state index contributed by atoms with van der Waals surface area (Å²) < 4.78 is 1.66. The fourth-order valence-electron chi connectivity index (χ4n) is 1.42. The van der Waals surface area contributed by atoms with Crippen LogP contribution in [0, 0.1) is 12.3 Å². The second-order valence-corrected chi connectivity index (χ2v) is 2.87. The summed E-state index contributed by atoms with van der Waals surface area (Å²) in [5.74, 6) is 2.73. The van der Waals surface area contributed by atoms with Crippen molar-refractivity contribution in [3.05, 3.63) is 30.5 Å². The number of benzene rings is 1. The van der Waals surface area contributed by atoms with Gasteiger partial charge < -0.3 is 9.67 Å². The summed E-state index contributed by atoms with van der Waals surface area (Å²) in [6.45, 7) is 0.403. The smallest absolute Gasteiger partial charge is 0.199 e. The summed E-state index contributed by atoms with van der Waals surface area (Å²) in [5, 5.41) is 11.5. The van der Waals surface area contributed by atoms with Crippen LogP contribution in [0.15, 0.2) is 30.5 Å². The van der Waals surface area contributed by atoms with Crippen LogP contribution in [0.4, 0.5) is 0 Å². The van der Waals surface area contributed by atoms with Gasteiger partial charge in [-0.05, 0) is 6.07 Å². The molecule has 1 aromatic heterocycles. The van der Waals surface area contributed by atoms with Gasteiger partial charge in [0.2, 0.25) is 0 Å². The van der Waals surface area contributed by atoms with Crippen molar-refractivity contribution in [2.24, 2.45) is 0 Å². The van der Waals surface area contributed by atoms with Crippen molar-refractivity contribution in [3.8, 4) is 18.2 Å². The van der Waals surface area contributed by atoms with Crippen LogP contribution in [-0.4, -0.2) is 9.67 Å². The van der Waals surface area contributed by atoms with Gasteiger partial charge in [0.25, 0.3) is 0 Å². The van der Waals surface area contributed by atoms with Crippen LogP contribution in [0.5, 0.6) is 5.88 Å². The van der Waals surface area contributed by atoms with Gasteiger partial charge in [-0.15, -0.1) is 6.42 Å². The number of nitrogens with zero attached hydrogens (tertiary/aromatic N) is 1. The SMILES string of the molecule is C#CCn1cc2ccccc2c1O. The quantitative estimate of drug-likeness (QED) is 0.652. The Morgan fingerprint density at radius 2 is 2.15 bits per heavy atom. The molecule has 0 spiro atoms. The third kappa shape index (κ3) is 1.15. The summed E-state index contributed by atoms with van der Waals surface area (Å²) in [5.41, 5.74) is 0. The lowest BCUT2D eigenvalue weighted by Crippen LogP contribution is -1.90. The Morgan fingerprint density at radius 1 is 1.38 bits per heavy atom. The molecule has 0 atom stereocenters. The number of terminal acetylenes is 1. The van der Waals surface area contributed by atoms with Crippen molar-refractivity contribution < 1.29 is 5.11 Å². The largest absolute Gasteiger partial charge is 0.494 e. The van der Waals surface area contributed by atoms with E-state index in [4.69, 9.17) is 6.42 Å². The van der Waals surface area contributed by atoms with Crippen LogP contribution in [0.3, 0.4) is 0 Å². The van der Waals surface area contributed by atoms with Crippen LogP contribution in [0.1, 0.15) is 0 Å². The van der Waals surface area contributed by atoms with Crippen molar-refractivity contribution in [1.82, 2.24) is 4.57 Å². The molecule has 0 aliphatic carbocycles. The molecule has 64 valence electrons. The van der Waals surface area contributed by atoms with Gasteiger partial charge in [-0.25, -0.2) is 0 Å². The average molecular weight is 171 g/mol. The fourth-order valence-corrected chi connectivity index (χ4v) is 1.42. The highest BCUT2D eigenvalue weighted by Gasteiger charge is 2.04.